The Kier molecular flexibility index (Phi) is 7.85. The Morgan fingerprint density at radius 3 is 2.53 bits per heavy atom. The third-order valence-corrected chi connectivity index (χ3v) is 5.90. The van der Waals surface area contributed by atoms with Gasteiger partial charge in [-0.15, -0.1) is 0 Å². The Morgan fingerprint density at radius 2 is 1.88 bits per heavy atom. The molecule has 7 heteroatoms. The lowest BCUT2D eigenvalue weighted by Gasteiger charge is -2.23. The lowest BCUT2D eigenvalue weighted by molar-refractivity contribution is -0.116. The normalized spacial score (nSPS) is 16.1. The number of aromatic nitrogens is 1. The van der Waals surface area contributed by atoms with Gasteiger partial charge in [-0.2, -0.15) is 0 Å². The maximum atomic E-state index is 13.1. The van der Waals surface area contributed by atoms with E-state index in [1.165, 1.54) is 0 Å². The van der Waals surface area contributed by atoms with E-state index >= 15 is 0 Å². The Bertz CT molecular complexity index is 1040. The number of rotatable bonds is 7. The van der Waals surface area contributed by atoms with E-state index in [4.69, 9.17) is 0 Å². The average molecular weight is 439 g/mol. The summed E-state index contributed by atoms with van der Waals surface area (Å²) in [6.45, 7) is 10.1. The third kappa shape index (κ3) is 5.85. The number of hydrogen-bond donors (Lipinski definition) is 3. The maximum Gasteiger partial charge on any atom is 0.263 e. The second-order valence-corrected chi connectivity index (χ2v) is 9.12. The molecule has 1 atom stereocenters. The highest BCUT2D eigenvalue weighted by molar-refractivity contribution is 6.06. The average Bonchev–Trinajstić information content (AvgIpc) is 2.73. The highest BCUT2D eigenvalue weighted by Crippen LogP contribution is 2.24. The van der Waals surface area contributed by atoms with Crippen LogP contribution in [0.2, 0.25) is 0 Å². The van der Waals surface area contributed by atoms with Crippen LogP contribution in [0.25, 0.3) is 0 Å². The molecular formula is C25H34N4O3. The zero-order valence-corrected chi connectivity index (χ0v) is 19.5. The van der Waals surface area contributed by atoms with Crippen LogP contribution in [0.4, 0.5) is 11.4 Å². The van der Waals surface area contributed by atoms with Gasteiger partial charge in [-0.05, 0) is 80.9 Å². The summed E-state index contributed by atoms with van der Waals surface area (Å²) in [7, 11) is 0. The van der Waals surface area contributed by atoms with Crippen molar-refractivity contribution < 1.29 is 9.59 Å². The summed E-state index contributed by atoms with van der Waals surface area (Å²) in [4.78, 5) is 38.4. The number of nitrogens with one attached hydrogen (secondary N) is 3. The summed E-state index contributed by atoms with van der Waals surface area (Å²) in [6, 6.07) is 7.18. The van der Waals surface area contributed by atoms with Gasteiger partial charge in [0, 0.05) is 30.5 Å². The monoisotopic (exact) mass is 438 g/mol. The van der Waals surface area contributed by atoms with Gasteiger partial charge in [0.25, 0.3) is 11.5 Å². The van der Waals surface area contributed by atoms with Crippen molar-refractivity contribution in [3.05, 3.63) is 57.5 Å². The first-order valence-corrected chi connectivity index (χ1v) is 11.4. The van der Waals surface area contributed by atoms with Gasteiger partial charge in [0.1, 0.15) is 5.56 Å². The van der Waals surface area contributed by atoms with E-state index in [0.29, 0.717) is 35.8 Å². The molecule has 32 heavy (non-hydrogen) atoms. The smallest absolute Gasteiger partial charge is 0.263 e. The van der Waals surface area contributed by atoms with E-state index in [1.807, 2.05) is 32.9 Å². The molecule has 1 fully saturated rings. The highest BCUT2D eigenvalue weighted by atomic mass is 16.2. The Morgan fingerprint density at radius 1 is 1.16 bits per heavy atom. The molecule has 2 aromatic rings. The summed E-state index contributed by atoms with van der Waals surface area (Å²) in [6.07, 6.45) is 4.37. The number of anilines is 2. The van der Waals surface area contributed by atoms with E-state index in [9.17, 15) is 14.4 Å². The summed E-state index contributed by atoms with van der Waals surface area (Å²) in [5.74, 6) is 0.141. The minimum atomic E-state index is -0.433. The summed E-state index contributed by atoms with van der Waals surface area (Å²) in [5.41, 5.74) is 2.50. The van der Waals surface area contributed by atoms with Crippen molar-refractivity contribution in [1.82, 2.24) is 9.88 Å². The highest BCUT2D eigenvalue weighted by Gasteiger charge is 2.20. The summed E-state index contributed by atoms with van der Waals surface area (Å²) in [5, 5.41) is 9.15. The topological polar surface area (TPSA) is 92.2 Å². The molecule has 1 aliphatic heterocycles. The van der Waals surface area contributed by atoms with Crippen LogP contribution >= 0.6 is 0 Å². The molecule has 1 aliphatic rings. The van der Waals surface area contributed by atoms with Crippen molar-refractivity contribution in [3.8, 4) is 0 Å². The number of amides is 2. The predicted molar refractivity (Wildman–Crippen MR) is 128 cm³/mol. The molecule has 1 saturated heterocycles. The molecule has 0 bridgehead atoms. The molecule has 0 saturated carbocycles. The number of piperidine rings is 1. The number of aryl methyl sites for hydroxylation is 1. The van der Waals surface area contributed by atoms with Gasteiger partial charge < -0.3 is 20.5 Å². The van der Waals surface area contributed by atoms with E-state index in [2.05, 4.69) is 16.0 Å². The number of benzene rings is 1. The zero-order chi connectivity index (χ0) is 23.3. The fourth-order valence-electron chi connectivity index (χ4n) is 4.11. The minimum absolute atomic E-state index is 0.0643. The quantitative estimate of drug-likeness (QED) is 0.615. The number of carbonyl (C=O) groups is 2. The number of carbonyl (C=O) groups excluding carboxylic acids is 2. The molecule has 0 spiro atoms. The van der Waals surface area contributed by atoms with E-state index in [0.717, 1.165) is 31.5 Å². The fraction of sp³-hybridized carbons (Fsp3) is 0.480. The van der Waals surface area contributed by atoms with Gasteiger partial charge >= 0.3 is 0 Å². The molecule has 0 radical (unpaired) electrons. The Balaban J connectivity index is 1.80. The second kappa shape index (κ2) is 10.6. The van der Waals surface area contributed by atoms with Crippen LogP contribution in [-0.2, 0) is 11.3 Å². The van der Waals surface area contributed by atoms with Gasteiger partial charge in [0.2, 0.25) is 5.91 Å². The first-order valence-electron chi connectivity index (χ1n) is 11.4. The molecule has 2 heterocycles. The van der Waals surface area contributed by atoms with Gasteiger partial charge in [-0.25, -0.2) is 0 Å². The van der Waals surface area contributed by atoms with Crippen LogP contribution < -0.4 is 21.5 Å². The van der Waals surface area contributed by atoms with Gasteiger partial charge in [0.15, 0.2) is 0 Å². The number of nitrogens with zero attached hydrogens (tertiary/aromatic N) is 1. The number of pyridine rings is 1. The molecule has 3 N–H and O–H groups in total. The molecule has 1 aromatic carbocycles. The van der Waals surface area contributed by atoms with Crippen LogP contribution in [0.5, 0.6) is 0 Å². The molecule has 0 aliphatic carbocycles. The lowest BCUT2D eigenvalue weighted by atomic mass is 9.99. The second-order valence-electron chi connectivity index (χ2n) is 9.12. The van der Waals surface area contributed by atoms with Crippen LogP contribution in [0.15, 0.2) is 35.3 Å². The summed E-state index contributed by atoms with van der Waals surface area (Å²) < 4.78 is 1.65. The van der Waals surface area contributed by atoms with Crippen LogP contribution in [-0.4, -0.2) is 29.5 Å². The van der Waals surface area contributed by atoms with Crippen LogP contribution in [0.3, 0.4) is 0 Å². The van der Waals surface area contributed by atoms with Crippen LogP contribution in [0, 0.1) is 25.7 Å². The summed E-state index contributed by atoms with van der Waals surface area (Å²) >= 11 is 0. The molecule has 1 unspecified atom stereocenters. The van der Waals surface area contributed by atoms with Gasteiger partial charge in [0.05, 0.1) is 0 Å². The van der Waals surface area contributed by atoms with Crippen molar-refractivity contribution in [3.63, 3.8) is 0 Å². The molecular weight excluding hydrogens is 404 g/mol. The van der Waals surface area contributed by atoms with Crippen molar-refractivity contribution in [2.45, 2.75) is 53.5 Å². The third-order valence-electron chi connectivity index (χ3n) is 5.90. The zero-order valence-electron chi connectivity index (χ0n) is 19.5. The van der Waals surface area contributed by atoms with Crippen LogP contribution in [0.1, 0.15) is 54.6 Å². The molecule has 7 nitrogen and oxygen atoms in total. The van der Waals surface area contributed by atoms with E-state index in [-0.39, 0.29) is 22.9 Å². The molecule has 2 amide bonds. The SMILES string of the molecule is Cc1ccn(CC2CCCNC2)c(=O)c1C(=O)Nc1cccc(NC(=O)CC(C)C)c1C. The lowest BCUT2D eigenvalue weighted by Crippen LogP contribution is -2.36. The van der Waals surface area contributed by atoms with Crippen molar-refractivity contribution in [1.29, 1.82) is 0 Å². The number of hydrogen-bond acceptors (Lipinski definition) is 4. The first kappa shape index (κ1) is 23.7. The first-order chi connectivity index (χ1) is 15.3. The van der Waals surface area contributed by atoms with Gasteiger partial charge in [-0.1, -0.05) is 19.9 Å². The van der Waals surface area contributed by atoms with Crippen molar-refractivity contribution in [2.24, 2.45) is 11.8 Å². The maximum absolute atomic E-state index is 13.1. The standard InChI is InChI=1S/C25H34N4O3/c1-16(2)13-22(30)27-20-8-5-9-21(18(20)4)28-24(31)23-17(3)10-12-29(25(23)32)15-19-7-6-11-26-14-19/h5,8-10,12,16,19,26H,6-7,11,13-15H2,1-4H3,(H,27,30)(H,28,31). The minimum Gasteiger partial charge on any atom is -0.326 e. The molecule has 1 aromatic heterocycles. The van der Waals surface area contributed by atoms with E-state index in [1.54, 1.807) is 29.8 Å². The fourth-order valence-corrected chi connectivity index (χ4v) is 4.11. The molecule has 3 rings (SSSR count). The Labute approximate surface area is 189 Å². The molecule has 172 valence electrons. The van der Waals surface area contributed by atoms with Crippen molar-refractivity contribution in [2.75, 3.05) is 23.7 Å². The van der Waals surface area contributed by atoms with E-state index < -0.39 is 5.91 Å². The van der Waals surface area contributed by atoms with Crippen molar-refractivity contribution >= 4 is 23.2 Å². The predicted octanol–water partition coefficient (Wildman–Crippen LogP) is 3.70. The Hall–Kier alpha value is -2.93. The largest absolute Gasteiger partial charge is 0.326 e. The van der Waals surface area contributed by atoms with Gasteiger partial charge in [-0.3, -0.25) is 14.4 Å².